The summed E-state index contributed by atoms with van der Waals surface area (Å²) in [5, 5.41) is 2.93. The maximum atomic E-state index is 13.9. The fourth-order valence-corrected chi connectivity index (χ4v) is 5.37. The molecule has 0 aliphatic heterocycles. The van der Waals surface area contributed by atoms with Gasteiger partial charge >= 0.3 is 0 Å². The maximum absolute atomic E-state index is 13.9. The molecule has 0 saturated heterocycles. The van der Waals surface area contributed by atoms with Gasteiger partial charge in [0.15, 0.2) is 0 Å². The molecular formula is C30H37N3O5S. The normalized spacial score (nSPS) is 12.7. The van der Waals surface area contributed by atoms with Gasteiger partial charge in [-0.15, -0.1) is 0 Å². The zero-order valence-corrected chi connectivity index (χ0v) is 23.7. The van der Waals surface area contributed by atoms with Gasteiger partial charge in [-0.3, -0.25) is 13.9 Å². The van der Waals surface area contributed by atoms with Crippen LogP contribution in [0.2, 0.25) is 0 Å². The number of nitrogens with one attached hydrogen (secondary N) is 1. The van der Waals surface area contributed by atoms with Crippen molar-refractivity contribution in [2.75, 3.05) is 17.5 Å². The summed E-state index contributed by atoms with van der Waals surface area (Å²) in [6.45, 7) is 7.50. The van der Waals surface area contributed by atoms with Crippen molar-refractivity contribution < 1.29 is 22.7 Å². The van der Waals surface area contributed by atoms with Crippen molar-refractivity contribution in [3.8, 4) is 5.75 Å². The molecule has 1 N–H and O–H groups in total. The Labute approximate surface area is 231 Å². The van der Waals surface area contributed by atoms with Crippen LogP contribution < -0.4 is 14.4 Å². The molecule has 3 rings (SSSR count). The van der Waals surface area contributed by atoms with E-state index in [1.165, 1.54) is 17.0 Å². The van der Waals surface area contributed by atoms with Crippen LogP contribution in [0.1, 0.15) is 39.7 Å². The lowest BCUT2D eigenvalue weighted by Crippen LogP contribution is -2.52. The number of para-hydroxylation sites is 1. The van der Waals surface area contributed by atoms with Gasteiger partial charge in [0.25, 0.3) is 10.0 Å². The Morgan fingerprint density at radius 3 is 2.03 bits per heavy atom. The van der Waals surface area contributed by atoms with Crippen molar-refractivity contribution in [2.45, 2.75) is 57.6 Å². The molecule has 2 atom stereocenters. The van der Waals surface area contributed by atoms with Crippen molar-refractivity contribution in [2.24, 2.45) is 0 Å². The zero-order valence-electron chi connectivity index (χ0n) is 22.9. The van der Waals surface area contributed by atoms with Crippen molar-refractivity contribution >= 4 is 27.5 Å². The smallest absolute Gasteiger partial charge is 0.264 e. The first-order valence-electron chi connectivity index (χ1n) is 13.1. The average molecular weight is 552 g/mol. The predicted octanol–water partition coefficient (Wildman–Crippen LogP) is 4.61. The molecule has 0 aliphatic carbocycles. The first kappa shape index (κ1) is 29.7. The minimum absolute atomic E-state index is 0.0276. The molecule has 0 saturated carbocycles. The SMILES string of the molecule is CCOc1ccc(S(=O)(=O)N(CC(=O)N(Cc2ccccc2)C(C)C(=O)NC(C)CC)c2ccccc2)cc1. The van der Waals surface area contributed by atoms with Crippen molar-refractivity contribution in [3.05, 3.63) is 90.5 Å². The highest BCUT2D eigenvalue weighted by molar-refractivity contribution is 7.92. The molecule has 8 nitrogen and oxygen atoms in total. The Bertz CT molecular complexity index is 1320. The molecule has 0 fully saturated rings. The molecule has 0 radical (unpaired) electrons. The number of rotatable bonds is 13. The van der Waals surface area contributed by atoms with E-state index in [1.807, 2.05) is 51.1 Å². The second-order valence-electron chi connectivity index (χ2n) is 9.25. The van der Waals surface area contributed by atoms with E-state index in [-0.39, 0.29) is 23.4 Å². The summed E-state index contributed by atoms with van der Waals surface area (Å²) in [6, 6.07) is 23.0. The Hall–Kier alpha value is -3.85. The van der Waals surface area contributed by atoms with Gasteiger partial charge in [0.05, 0.1) is 17.2 Å². The quantitative estimate of drug-likeness (QED) is 0.335. The van der Waals surface area contributed by atoms with Crippen LogP contribution in [0, 0.1) is 0 Å². The van der Waals surface area contributed by atoms with E-state index in [0.717, 1.165) is 16.3 Å². The van der Waals surface area contributed by atoms with E-state index in [9.17, 15) is 18.0 Å². The molecule has 9 heteroatoms. The minimum atomic E-state index is -4.13. The number of hydrogen-bond donors (Lipinski definition) is 1. The third-order valence-electron chi connectivity index (χ3n) is 6.41. The second kappa shape index (κ2) is 13.8. The van der Waals surface area contributed by atoms with Crippen LogP contribution >= 0.6 is 0 Å². The third-order valence-corrected chi connectivity index (χ3v) is 8.20. The molecule has 0 heterocycles. The molecule has 208 valence electrons. The number of nitrogens with zero attached hydrogens (tertiary/aromatic N) is 2. The number of anilines is 1. The number of sulfonamides is 1. The molecule has 2 unspecified atom stereocenters. The number of amides is 2. The minimum Gasteiger partial charge on any atom is -0.494 e. The van der Waals surface area contributed by atoms with Crippen molar-refractivity contribution in [1.82, 2.24) is 10.2 Å². The topological polar surface area (TPSA) is 96.0 Å². The molecule has 3 aromatic rings. The summed E-state index contributed by atoms with van der Waals surface area (Å²) in [7, 11) is -4.13. The lowest BCUT2D eigenvalue weighted by Gasteiger charge is -2.32. The van der Waals surface area contributed by atoms with Crippen LogP contribution in [0.3, 0.4) is 0 Å². The number of hydrogen-bond acceptors (Lipinski definition) is 5. The number of ether oxygens (including phenoxy) is 1. The third kappa shape index (κ3) is 7.83. The van der Waals surface area contributed by atoms with Crippen LogP contribution in [-0.4, -0.2) is 50.4 Å². The van der Waals surface area contributed by atoms with Crippen LogP contribution in [0.4, 0.5) is 5.69 Å². The Morgan fingerprint density at radius 1 is 0.872 bits per heavy atom. The molecule has 3 aromatic carbocycles. The van der Waals surface area contributed by atoms with Crippen molar-refractivity contribution in [3.63, 3.8) is 0 Å². The van der Waals surface area contributed by atoms with Gasteiger partial charge in [-0.2, -0.15) is 0 Å². The highest BCUT2D eigenvalue weighted by Gasteiger charge is 2.32. The fraction of sp³-hybridized carbons (Fsp3) is 0.333. The summed E-state index contributed by atoms with van der Waals surface area (Å²) in [4.78, 5) is 28.4. The summed E-state index contributed by atoms with van der Waals surface area (Å²) in [6.07, 6.45) is 0.743. The van der Waals surface area contributed by atoms with Gasteiger partial charge in [0, 0.05) is 12.6 Å². The van der Waals surface area contributed by atoms with Gasteiger partial charge in [0.1, 0.15) is 18.3 Å². The van der Waals surface area contributed by atoms with Crippen LogP contribution in [0.25, 0.3) is 0 Å². The summed E-state index contributed by atoms with van der Waals surface area (Å²) in [5.74, 6) is -0.243. The van der Waals surface area contributed by atoms with Gasteiger partial charge in [-0.25, -0.2) is 8.42 Å². The highest BCUT2D eigenvalue weighted by Crippen LogP contribution is 2.26. The van der Waals surface area contributed by atoms with E-state index in [4.69, 9.17) is 4.74 Å². The first-order chi connectivity index (χ1) is 18.7. The number of carbonyl (C=O) groups is 2. The van der Waals surface area contributed by atoms with Gasteiger partial charge in [-0.05, 0) is 69.2 Å². The second-order valence-corrected chi connectivity index (χ2v) is 11.1. The van der Waals surface area contributed by atoms with Crippen LogP contribution in [0.15, 0.2) is 89.8 Å². The molecule has 0 spiro atoms. The molecule has 0 bridgehead atoms. The number of benzene rings is 3. The van der Waals surface area contributed by atoms with Gasteiger partial charge in [-0.1, -0.05) is 55.5 Å². The van der Waals surface area contributed by atoms with Gasteiger partial charge in [0.2, 0.25) is 11.8 Å². The Balaban J connectivity index is 1.97. The van der Waals surface area contributed by atoms with Crippen LogP contribution in [0.5, 0.6) is 5.75 Å². The molecular weight excluding hydrogens is 514 g/mol. The average Bonchev–Trinajstić information content (AvgIpc) is 2.95. The molecule has 0 aromatic heterocycles. The summed E-state index contributed by atoms with van der Waals surface area (Å²) in [5.41, 5.74) is 1.17. The number of carbonyl (C=O) groups excluding carboxylic acids is 2. The standard InChI is InChI=1S/C30H37N3O5S/c1-5-23(3)31-30(35)24(4)32(21-25-13-9-7-10-14-25)29(34)22-33(26-15-11-8-12-16-26)39(36,37)28-19-17-27(18-20-28)38-6-2/h7-20,23-24H,5-6,21-22H2,1-4H3,(H,31,35). The lowest BCUT2D eigenvalue weighted by atomic mass is 10.1. The summed E-state index contributed by atoms with van der Waals surface area (Å²) < 4.78 is 34.2. The van der Waals surface area contributed by atoms with E-state index in [1.54, 1.807) is 49.4 Å². The molecule has 0 aliphatic rings. The maximum Gasteiger partial charge on any atom is 0.264 e. The van der Waals surface area contributed by atoms with E-state index < -0.39 is 28.5 Å². The van der Waals surface area contributed by atoms with Crippen LogP contribution in [-0.2, 0) is 26.2 Å². The Kier molecular flexibility index (Phi) is 10.5. The molecule has 39 heavy (non-hydrogen) atoms. The first-order valence-corrected chi connectivity index (χ1v) is 14.6. The monoisotopic (exact) mass is 551 g/mol. The predicted molar refractivity (Wildman–Crippen MR) is 153 cm³/mol. The lowest BCUT2D eigenvalue weighted by molar-refractivity contribution is -0.139. The van der Waals surface area contributed by atoms with E-state index >= 15 is 0 Å². The fourth-order valence-electron chi connectivity index (χ4n) is 3.95. The van der Waals surface area contributed by atoms with E-state index in [0.29, 0.717) is 18.0 Å². The van der Waals surface area contributed by atoms with Gasteiger partial charge < -0.3 is 15.0 Å². The molecule has 2 amide bonds. The largest absolute Gasteiger partial charge is 0.494 e. The summed E-state index contributed by atoms with van der Waals surface area (Å²) >= 11 is 0. The van der Waals surface area contributed by atoms with Crippen molar-refractivity contribution in [1.29, 1.82) is 0 Å². The Morgan fingerprint density at radius 2 is 1.46 bits per heavy atom. The zero-order chi connectivity index (χ0) is 28.4. The highest BCUT2D eigenvalue weighted by atomic mass is 32.2. The van der Waals surface area contributed by atoms with E-state index in [2.05, 4.69) is 5.32 Å².